The lowest BCUT2D eigenvalue weighted by Crippen LogP contribution is -2.60. The van der Waals surface area contributed by atoms with Gasteiger partial charge in [-0.3, -0.25) is 0 Å². The lowest BCUT2D eigenvalue weighted by molar-refractivity contribution is 0.589. The van der Waals surface area contributed by atoms with Crippen molar-refractivity contribution >= 4 is 177 Å². The van der Waals surface area contributed by atoms with Crippen LogP contribution in [-0.4, -0.2) is 24.8 Å². The maximum atomic E-state index is 9.99. The van der Waals surface area contributed by atoms with Crippen molar-refractivity contribution in [3.05, 3.63) is 350 Å². The van der Waals surface area contributed by atoms with E-state index in [9.17, 15) is 11.0 Å². The average molecular weight is 1540 g/mol. The molecule has 0 atom stereocenters. The quantitative estimate of drug-likeness (QED) is 0.161. The van der Waals surface area contributed by atoms with Crippen LogP contribution in [0.3, 0.4) is 0 Å². The van der Waals surface area contributed by atoms with Crippen molar-refractivity contribution in [3.63, 3.8) is 0 Å². The minimum absolute atomic E-state index is 0.00813. The van der Waals surface area contributed by atoms with Crippen LogP contribution in [0.4, 0.5) is 28.4 Å². The zero-order valence-corrected chi connectivity index (χ0v) is 68.9. The molecule has 7 heteroatoms. The van der Waals surface area contributed by atoms with Gasteiger partial charge in [-0.25, -0.2) is 0 Å². The number of aromatic nitrogens is 4. The normalized spacial score (nSPS) is 14.1. The molecule has 572 valence electrons. The van der Waals surface area contributed by atoms with E-state index in [2.05, 4.69) is 374 Å². The van der Waals surface area contributed by atoms with Crippen molar-refractivity contribution in [1.82, 2.24) is 18.1 Å². The van der Waals surface area contributed by atoms with Gasteiger partial charge in [-0.15, -0.1) is 0 Å². The monoisotopic (exact) mass is 1540 g/mol. The molecule has 0 aliphatic carbocycles. The number of rotatable bonds is 7. The molecule has 0 saturated heterocycles. The fourth-order valence-electron chi connectivity index (χ4n) is 20.0. The van der Waals surface area contributed by atoms with Crippen molar-refractivity contribution in [2.45, 2.75) is 105 Å². The van der Waals surface area contributed by atoms with E-state index in [-0.39, 0.29) is 55.6 Å². The summed E-state index contributed by atoms with van der Waals surface area (Å²) in [6.45, 7) is 26.9. The topological polar surface area (TPSA) is 34.5 Å². The highest BCUT2D eigenvalue weighted by atomic mass is 15.2. The van der Waals surface area contributed by atoms with Gasteiger partial charge in [0.25, 0.3) is 6.71 Å². The molecule has 1 N–H and O–H groups in total. The Morgan fingerprint density at radius 3 is 1.47 bits per heavy atom. The molecule has 2 aliphatic heterocycles. The molecule has 23 rings (SSSR count). The zero-order valence-electron chi connectivity index (χ0n) is 76.9. The van der Waals surface area contributed by atoms with E-state index in [0.29, 0.717) is 5.69 Å². The Hall–Kier alpha value is -13.6. The van der Waals surface area contributed by atoms with E-state index in [1.54, 1.807) is 4.57 Å². The first-order chi connectivity index (χ1) is 60.9. The standard InChI is InChI=1S/C112H91BN6/c1-109(2,3)70-31-26-30-69(58-70)87-59-71(110(4,5)6)46-54-94(87)114-74-49-57-100-90(62-74)91-63-77(116-98-55-47-72(111(7,8)9)60-88(98)89-61-73(112(10,11)12)48-56-99(89)116)64-93-107(91)119(100)103-66-102-104(86-40-27-39-85-81-35-19-17-33-79(81)78-32-16-18-34-80(78)82-36-20-25-43-97(82)118(102)106(85)86)108-105(103)113(93)92-53-52-76(115-95-41-23-21-37-83(95)84-38-22-24-42-96(84)115)65-101(92)117(108)75-50-44-68(45-51-75)67-28-14-13-15-29-67/h13-66,114H,1-12H3/i21D,22D,23D,24D,37D,38D,41D,42D. The third-order valence-electron chi connectivity index (χ3n) is 25.9. The minimum Gasteiger partial charge on any atom is -0.355 e. The molecule has 2 aliphatic rings. The fraction of sp³-hybridized carbons (Fsp3) is 0.143. The van der Waals surface area contributed by atoms with Gasteiger partial charge in [0.15, 0.2) is 0 Å². The number of para-hydroxylation sites is 4. The van der Waals surface area contributed by atoms with Crippen LogP contribution >= 0.6 is 0 Å². The number of anilines is 5. The average Bonchev–Trinajstić information content (AvgIpc) is 1.63. The summed E-state index contributed by atoms with van der Waals surface area (Å²) >= 11 is 0. The van der Waals surface area contributed by atoms with Gasteiger partial charge in [0.1, 0.15) is 0 Å². The molecule has 0 unspecified atom stereocenters. The van der Waals surface area contributed by atoms with Crippen LogP contribution in [0.25, 0.3) is 164 Å². The largest absolute Gasteiger partial charge is 0.355 e. The SMILES string of the molecule is [2H]c1c([2H])c([2H])c2c(c1[2H])c1c([2H])c([2H])c([2H])c([2H])c1n2-c1ccc2c(c1)N(c1ccc(-c3ccccc3)cc1)c1c3c(cc4c1c1cccc5c6ccccc6c6ccccc6c6ccccc6n4c51)-n1c4ccc(Nc5ccc(C(C)(C)C)cc5-c5cccc(C(C)(C)C)c5)cc4c4cc(-n5c6ccc(C(C)(C)C)cc6c6cc(C(C)(C)C)ccc65)cc(c41)B23. The van der Waals surface area contributed by atoms with E-state index in [1.165, 1.54) is 33.0 Å². The van der Waals surface area contributed by atoms with E-state index in [1.807, 2.05) is 12.1 Å². The van der Waals surface area contributed by atoms with Gasteiger partial charge in [-0.2, -0.15) is 0 Å². The third-order valence-corrected chi connectivity index (χ3v) is 25.9. The second-order valence-electron chi connectivity index (χ2n) is 37.2. The number of fused-ring (bicyclic) bond motifs is 24. The molecule has 0 bridgehead atoms. The summed E-state index contributed by atoms with van der Waals surface area (Å²) in [5, 5.41) is 17.1. The number of nitrogens with one attached hydrogen (secondary N) is 1. The summed E-state index contributed by atoms with van der Waals surface area (Å²) in [7, 11) is 0. The summed E-state index contributed by atoms with van der Waals surface area (Å²) < 4.78 is 85.9. The molecule has 0 saturated carbocycles. The van der Waals surface area contributed by atoms with Crippen LogP contribution in [0, 0.1) is 0 Å². The first-order valence-electron chi connectivity index (χ1n) is 45.7. The molecule has 6 nitrogen and oxygen atoms in total. The maximum absolute atomic E-state index is 9.99. The summed E-state index contributed by atoms with van der Waals surface area (Å²) in [5.74, 6) is 0. The van der Waals surface area contributed by atoms with Crippen LogP contribution in [-0.2, 0) is 21.7 Å². The van der Waals surface area contributed by atoms with E-state index < -0.39 is 43.0 Å². The van der Waals surface area contributed by atoms with Crippen molar-refractivity contribution in [3.8, 4) is 39.3 Å². The third kappa shape index (κ3) is 10.7. The smallest absolute Gasteiger partial charge is 0.252 e. The molecule has 119 heavy (non-hydrogen) atoms. The lowest BCUT2D eigenvalue weighted by Gasteiger charge is -2.41. The summed E-state index contributed by atoms with van der Waals surface area (Å²) in [4.78, 5) is 2.44. The minimum atomic E-state index is -0.566. The molecule has 7 heterocycles. The highest BCUT2D eigenvalue weighted by Gasteiger charge is 2.45. The highest BCUT2D eigenvalue weighted by Crippen LogP contribution is 2.52. The van der Waals surface area contributed by atoms with E-state index >= 15 is 0 Å². The fourth-order valence-corrected chi connectivity index (χ4v) is 20.0. The molecular formula is C112H91BN6. The molecule has 0 radical (unpaired) electrons. The van der Waals surface area contributed by atoms with Crippen molar-refractivity contribution in [2.75, 3.05) is 10.2 Å². The van der Waals surface area contributed by atoms with Crippen molar-refractivity contribution in [1.29, 1.82) is 0 Å². The Kier molecular flexibility index (Phi) is 13.4. The summed E-state index contributed by atoms with van der Waals surface area (Å²) in [5.41, 5.74) is 25.9. The van der Waals surface area contributed by atoms with Crippen LogP contribution in [0.2, 0.25) is 0 Å². The highest BCUT2D eigenvalue weighted by molar-refractivity contribution is 7.00. The zero-order chi connectivity index (χ0) is 87.6. The van der Waals surface area contributed by atoms with Crippen molar-refractivity contribution in [2.24, 2.45) is 0 Å². The van der Waals surface area contributed by atoms with Crippen LogP contribution < -0.4 is 26.6 Å². The number of hydrogen-bond acceptors (Lipinski definition) is 2. The first kappa shape index (κ1) is 62.6. The van der Waals surface area contributed by atoms with Crippen molar-refractivity contribution < 1.29 is 11.0 Å². The Labute approximate surface area is 705 Å². The summed E-state index contributed by atoms with van der Waals surface area (Å²) in [6, 6.07) is 99.9. The molecule has 0 fully saturated rings. The summed E-state index contributed by atoms with van der Waals surface area (Å²) in [6.07, 6.45) is 0. The molecule has 16 aromatic carbocycles. The van der Waals surface area contributed by atoms with E-state index in [4.69, 9.17) is 0 Å². The number of benzene rings is 16. The number of nitrogens with zero attached hydrogens (tertiary/aromatic N) is 5. The van der Waals surface area contributed by atoms with Gasteiger partial charge in [0.2, 0.25) is 0 Å². The van der Waals surface area contributed by atoms with Gasteiger partial charge >= 0.3 is 0 Å². The van der Waals surface area contributed by atoms with E-state index in [0.717, 1.165) is 171 Å². The molecular weight excluding hydrogens is 1440 g/mol. The van der Waals surface area contributed by atoms with Gasteiger partial charge in [0, 0.05) is 105 Å². The Balaban J connectivity index is 0.919. The molecule has 0 amide bonds. The van der Waals surface area contributed by atoms with Crippen LogP contribution in [0.1, 0.15) is 116 Å². The second-order valence-corrected chi connectivity index (χ2v) is 37.2. The Morgan fingerprint density at radius 1 is 0.294 bits per heavy atom. The van der Waals surface area contributed by atoms with Gasteiger partial charge < -0.3 is 28.3 Å². The Morgan fingerprint density at radius 2 is 0.807 bits per heavy atom. The van der Waals surface area contributed by atoms with Gasteiger partial charge in [-0.05, 0) is 214 Å². The Bertz CT molecular complexity index is 8370. The second kappa shape index (κ2) is 25.4. The van der Waals surface area contributed by atoms with Gasteiger partial charge in [0.05, 0.1) is 60.8 Å². The van der Waals surface area contributed by atoms with Crippen LogP contribution in [0.15, 0.2) is 327 Å². The predicted octanol–water partition coefficient (Wildman–Crippen LogP) is 28.4. The molecule has 0 spiro atoms. The molecule has 5 aromatic heterocycles. The maximum Gasteiger partial charge on any atom is 0.252 e. The number of hydrogen-bond donors (Lipinski definition) is 1. The molecule has 21 aromatic rings. The van der Waals surface area contributed by atoms with Gasteiger partial charge in [-0.1, -0.05) is 295 Å². The van der Waals surface area contributed by atoms with Crippen LogP contribution in [0.5, 0.6) is 0 Å². The predicted molar refractivity (Wildman–Crippen MR) is 511 cm³/mol. The first-order valence-corrected chi connectivity index (χ1v) is 41.7. The lowest BCUT2D eigenvalue weighted by atomic mass is 9.33.